The van der Waals surface area contributed by atoms with Crippen molar-refractivity contribution < 1.29 is 14.3 Å². The van der Waals surface area contributed by atoms with E-state index >= 15 is 0 Å². The highest BCUT2D eigenvalue weighted by atomic mass is 16.5. The minimum Gasteiger partial charge on any atom is -0.491 e. The quantitative estimate of drug-likeness (QED) is 0.623. The first-order chi connectivity index (χ1) is 8.62. The van der Waals surface area contributed by atoms with Crippen LogP contribution in [0.3, 0.4) is 0 Å². The zero-order chi connectivity index (χ0) is 13.5. The van der Waals surface area contributed by atoms with Crippen LogP contribution in [-0.2, 0) is 4.74 Å². The number of rotatable bonds is 6. The van der Waals surface area contributed by atoms with E-state index in [1.807, 2.05) is 0 Å². The summed E-state index contributed by atoms with van der Waals surface area (Å²) >= 11 is 0. The summed E-state index contributed by atoms with van der Waals surface area (Å²) < 4.78 is 10.3. The molecular formula is C14H21NO3. The first kappa shape index (κ1) is 14.4. The zero-order valence-electron chi connectivity index (χ0n) is 11.2. The molecule has 0 unspecified atom stereocenters. The first-order valence-corrected chi connectivity index (χ1v) is 6.22. The van der Waals surface area contributed by atoms with Gasteiger partial charge in [-0.1, -0.05) is 26.7 Å². The van der Waals surface area contributed by atoms with Gasteiger partial charge in [-0.3, -0.25) is 0 Å². The number of ether oxygens (including phenoxy) is 2. The number of benzene rings is 1. The van der Waals surface area contributed by atoms with Gasteiger partial charge < -0.3 is 15.2 Å². The fourth-order valence-electron chi connectivity index (χ4n) is 1.66. The fourth-order valence-corrected chi connectivity index (χ4v) is 1.66. The Balaban J connectivity index is 2.71. The van der Waals surface area contributed by atoms with Crippen molar-refractivity contribution in [2.24, 2.45) is 5.92 Å². The van der Waals surface area contributed by atoms with E-state index in [2.05, 4.69) is 18.6 Å². The lowest BCUT2D eigenvalue weighted by atomic mass is 10.1. The van der Waals surface area contributed by atoms with Crippen molar-refractivity contribution in [3.63, 3.8) is 0 Å². The van der Waals surface area contributed by atoms with Gasteiger partial charge in [0, 0.05) is 0 Å². The molecule has 0 aromatic heterocycles. The smallest absolute Gasteiger partial charge is 0.337 e. The summed E-state index contributed by atoms with van der Waals surface area (Å²) in [6, 6.07) is 4.95. The average molecular weight is 251 g/mol. The predicted octanol–water partition coefficient (Wildman–Crippen LogP) is 2.87. The summed E-state index contributed by atoms with van der Waals surface area (Å²) in [7, 11) is 1.34. The Kier molecular flexibility index (Phi) is 5.49. The Morgan fingerprint density at radius 3 is 2.50 bits per heavy atom. The summed E-state index contributed by atoms with van der Waals surface area (Å²) in [6.45, 7) is 4.93. The standard InChI is InChI=1S/C14H21NO3/c1-4-10(5-2)9-18-13-7-6-11(8-12(13)15)14(16)17-3/h6-8,10H,4-5,9,15H2,1-3H3. The number of nitrogens with two attached hydrogens (primary N) is 1. The van der Waals surface area contributed by atoms with E-state index in [1.54, 1.807) is 18.2 Å². The minimum absolute atomic E-state index is 0.395. The monoisotopic (exact) mass is 251 g/mol. The maximum Gasteiger partial charge on any atom is 0.337 e. The molecule has 0 radical (unpaired) electrons. The molecule has 0 heterocycles. The van der Waals surface area contributed by atoms with Gasteiger partial charge in [0.25, 0.3) is 0 Å². The molecule has 0 aliphatic rings. The molecule has 0 saturated heterocycles. The van der Waals surface area contributed by atoms with Crippen molar-refractivity contribution in [1.29, 1.82) is 0 Å². The van der Waals surface area contributed by atoms with E-state index in [4.69, 9.17) is 10.5 Å². The van der Waals surface area contributed by atoms with Gasteiger partial charge in [0.05, 0.1) is 25.0 Å². The zero-order valence-corrected chi connectivity index (χ0v) is 11.2. The van der Waals surface area contributed by atoms with Crippen molar-refractivity contribution in [3.05, 3.63) is 23.8 Å². The lowest BCUT2D eigenvalue weighted by Gasteiger charge is -2.15. The molecule has 0 aliphatic carbocycles. The van der Waals surface area contributed by atoms with Crippen LogP contribution in [0, 0.1) is 5.92 Å². The Morgan fingerprint density at radius 2 is 2.00 bits per heavy atom. The Hall–Kier alpha value is -1.71. The van der Waals surface area contributed by atoms with Crippen molar-refractivity contribution in [2.45, 2.75) is 26.7 Å². The van der Waals surface area contributed by atoms with E-state index in [1.165, 1.54) is 7.11 Å². The number of anilines is 1. The number of carbonyl (C=O) groups excluding carboxylic acids is 1. The maximum absolute atomic E-state index is 11.3. The number of nitrogen functional groups attached to an aromatic ring is 1. The van der Waals surface area contributed by atoms with Crippen LogP contribution in [0.1, 0.15) is 37.0 Å². The highest BCUT2D eigenvalue weighted by molar-refractivity contribution is 5.90. The van der Waals surface area contributed by atoms with Crippen LogP contribution in [0.25, 0.3) is 0 Å². The van der Waals surface area contributed by atoms with Gasteiger partial charge in [0.15, 0.2) is 0 Å². The molecule has 4 heteroatoms. The van der Waals surface area contributed by atoms with Crippen LogP contribution in [0.15, 0.2) is 18.2 Å². The maximum atomic E-state index is 11.3. The second kappa shape index (κ2) is 6.89. The van der Waals surface area contributed by atoms with Crippen LogP contribution >= 0.6 is 0 Å². The third-order valence-corrected chi connectivity index (χ3v) is 3.06. The number of methoxy groups -OCH3 is 1. The van der Waals surface area contributed by atoms with Crippen molar-refractivity contribution in [1.82, 2.24) is 0 Å². The lowest BCUT2D eigenvalue weighted by Crippen LogP contribution is -2.11. The molecule has 0 spiro atoms. The van der Waals surface area contributed by atoms with Gasteiger partial charge in [0.1, 0.15) is 5.75 Å². The van der Waals surface area contributed by atoms with E-state index in [-0.39, 0.29) is 0 Å². The summed E-state index contributed by atoms with van der Waals surface area (Å²) in [6.07, 6.45) is 2.16. The first-order valence-electron chi connectivity index (χ1n) is 6.22. The number of hydrogen-bond acceptors (Lipinski definition) is 4. The van der Waals surface area contributed by atoms with E-state index in [0.29, 0.717) is 29.5 Å². The topological polar surface area (TPSA) is 61.5 Å². The molecule has 0 fully saturated rings. The summed E-state index contributed by atoms with van der Waals surface area (Å²) in [5.41, 5.74) is 6.75. The molecule has 1 aromatic carbocycles. The highest BCUT2D eigenvalue weighted by Gasteiger charge is 2.10. The third-order valence-electron chi connectivity index (χ3n) is 3.06. The van der Waals surface area contributed by atoms with E-state index in [0.717, 1.165) is 12.8 Å². The van der Waals surface area contributed by atoms with Crippen LogP contribution in [-0.4, -0.2) is 19.7 Å². The second-order valence-corrected chi connectivity index (χ2v) is 4.24. The van der Waals surface area contributed by atoms with Crippen molar-refractivity contribution >= 4 is 11.7 Å². The molecule has 18 heavy (non-hydrogen) atoms. The van der Waals surface area contributed by atoms with Crippen LogP contribution in [0.4, 0.5) is 5.69 Å². The molecule has 1 rings (SSSR count). The van der Waals surface area contributed by atoms with E-state index < -0.39 is 5.97 Å². The molecule has 0 bridgehead atoms. The number of hydrogen-bond donors (Lipinski definition) is 1. The molecule has 1 aromatic rings. The van der Waals surface area contributed by atoms with Gasteiger partial charge in [-0.25, -0.2) is 4.79 Å². The summed E-state index contributed by atoms with van der Waals surface area (Å²) in [5, 5.41) is 0. The normalized spacial score (nSPS) is 10.4. The molecule has 0 amide bonds. The molecule has 100 valence electrons. The number of carbonyl (C=O) groups is 1. The van der Waals surface area contributed by atoms with Crippen LogP contribution in [0.2, 0.25) is 0 Å². The Bertz CT molecular complexity index is 400. The van der Waals surface area contributed by atoms with Crippen molar-refractivity contribution in [3.8, 4) is 5.75 Å². The van der Waals surface area contributed by atoms with Crippen molar-refractivity contribution in [2.75, 3.05) is 19.5 Å². The highest BCUT2D eigenvalue weighted by Crippen LogP contribution is 2.24. The molecule has 4 nitrogen and oxygen atoms in total. The Morgan fingerprint density at radius 1 is 1.33 bits per heavy atom. The third kappa shape index (κ3) is 3.65. The largest absolute Gasteiger partial charge is 0.491 e. The number of esters is 1. The summed E-state index contributed by atoms with van der Waals surface area (Å²) in [5.74, 6) is 0.757. The predicted molar refractivity (Wildman–Crippen MR) is 71.8 cm³/mol. The van der Waals surface area contributed by atoms with Gasteiger partial charge in [-0.15, -0.1) is 0 Å². The molecule has 2 N–H and O–H groups in total. The van der Waals surface area contributed by atoms with E-state index in [9.17, 15) is 4.79 Å². The van der Waals surface area contributed by atoms with Crippen LogP contribution in [0.5, 0.6) is 5.75 Å². The molecule has 0 saturated carbocycles. The summed E-state index contributed by atoms with van der Waals surface area (Å²) in [4.78, 5) is 11.3. The average Bonchev–Trinajstić information content (AvgIpc) is 2.40. The fraction of sp³-hybridized carbons (Fsp3) is 0.500. The van der Waals surface area contributed by atoms with Gasteiger partial charge in [-0.05, 0) is 24.1 Å². The minimum atomic E-state index is -0.395. The molecule has 0 aliphatic heterocycles. The van der Waals surface area contributed by atoms with Gasteiger partial charge in [-0.2, -0.15) is 0 Å². The SMILES string of the molecule is CCC(CC)COc1ccc(C(=O)OC)cc1N. The second-order valence-electron chi connectivity index (χ2n) is 4.24. The molecule has 0 atom stereocenters. The van der Waals surface area contributed by atoms with Crippen LogP contribution < -0.4 is 10.5 Å². The lowest BCUT2D eigenvalue weighted by molar-refractivity contribution is 0.0600. The Labute approximate surface area is 108 Å². The van der Waals surface area contributed by atoms with Gasteiger partial charge >= 0.3 is 5.97 Å². The van der Waals surface area contributed by atoms with Gasteiger partial charge in [0.2, 0.25) is 0 Å². The molecular weight excluding hydrogens is 230 g/mol.